The third-order valence-corrected chi connectivity index (χ3v) is 7.92. The van der Waals surface area contributed by atoms with Crippen molar-refractivity contribution >= 4 is 19.2 Å². The Hall–Kier alpha value is -1.50. The molecule has 3 rings (SSSR count). The zero-order valence-electron chi connectivity index (χ0n) is 12.3. The molecular weight excluding hydrogens is 439 g/mol. The van der Waals surface area contributed by atoms with Gasteiger partial charge in [-0.2, -0.15) is 0 Å². The molecule has 0 spiro atoms. The quantitative estimate of drug-likeness (QED) is 0.365. The summed E-state index contributed by atoms with van der Waals surface area (Å²) in [5, 5.41) is 0. The van der Waals surface area contributed by atoms with Crippen molar-refractivity contribution in [1.82, 2.24) is 0 Å². The van der Waals surface area contributed by atoms with E-state index in [1.54, 1.807) is 0 Å². The van der Waals surface area contributed by atoms with Crippen molar-refractivity contribution in [1.29, 1.82) is 0 Å². The number of rotatable bonds is 6. The number of halogens is 1. The Morgan fingerprint density at radius 1 is 0.478 bits per heavy atom. The van der Waals surface area contributed by atoms with Crippen molar-refractivity contribution in [3.63, 3.8) is 0 Å². The summed E-state index contributed by atoms with van der Waals surface area (Å²) in [5.41, 5.74) is 0. The Bertz CT molecular complexity index is 622. The first kappa shape index (κ1) is 16.4. The van der Waals surface area contributed by atoms with Gasteiger partial charge in [-0.1, -0.05) is 0 Å². The molecule has 0 radical (unpaired) electrons. The molecule has 0 bridgehead atoms. The van der Waals surface area contributed by atoms with Gasteiger partial charge in [0.2, 0.25) is 0 Å². The van der Waals surface area contributed by atoms with Gasteiger partial charge in [-0.05, 0) is 0 Å². The van der Waals surface area contributed by atoms with Crippen LogP contribution in [0.4, 0.5) is 0 Å². The average Bonchev–Trinajstić information content (AvgIpc) is 2.57. The van der Waals surface area contributed by atoms with Gasteiger partial charge in [0.1, 0.15) is 0 Å². The van der Waals surface area contributed by atoms with Gasteiger partial charge in [-0.25, -0.2) is 0 Å². The van der Waals surface area contributed by atoms with E-state index in [-0.39, 0.29) is 0 Å². The van der Waals surface area contributed by atoms with Crippen LogP contribution in [-0.4, -0.2) is 0 Å². The van der Waals surface area contributed by atoms with E-state index < -0.39 is 14.0 Å². The molecule has 0 saturated heterocycles. The molecule has 3 aromatic carbocycles. The van der Waals surface area contributed by atoms with E-state index in [0.29, 0.717) is 0 Å². The molecule has 5 heteroatoms. The van der Waals surface area contributed by atoms with Crippen LogP contribution in [0.25, 0.3) is 0 Å². The fourth-order valence-electron chi connectivity index (χ4n) is 1.95. The second-order valence-electron chi connectivity index (χ2n) is 4.73. The molecule has 3 nitrogen and oxygen atoms in total. The van der Waals surface area contributed by atoms with E-state index in [2.05, 4.69) is 19.2 Å². The Kier molecular flexibility index (Phi) is 5.59. The van der Waals surface area contributed by atoms with Gasteiger partial charge in [0.25, 0.3) is 0 Å². The minimum atomic E-state index is -3.59. The normalized spacial score (nSPS) is 10.8. The number of hydrogen-bond donors (Lipinski definition) is 0. The summed E-state index contributed by atoms with van der Waals surface area (Å²) < 4.78 is 18.4. The monoisotopic (exact) mass is 454 g/mol. The third-order valence-electron chi connectivity index (χ3n) is 2.95. The zero-order chi connectivity index (χ0) is 16.0. The molecule has 0 aliphatic rings. The summed E-state index contributed by atoms with van der Waals surface area (Å²) in [6.07, 6.45) is 0. The van der Waals surface area contributed by atoms with Crippen molar-refractivity contribution in [2.75, 3.05) is 0 Å². The predicted molar refractivity (Wildman–Crippen MR) is 95.2 cm³/mol. The topological polar surface area (TPSA) is 27.7 Å². The zero-order valence-corrected chi connectivity index (χ0v) is 16.0. The molecule has 0 aliphatic carbocycles. The molecule has 0 heterocycles. The third kappa shape index (κ3) is 4.99. The molecule has 0 aliphatic heterocycles. The SMILES string of the molecule is [I][Ti]([O]c1ccccc1)([O]c1ccccc1)[O]c1ccccc1. The van der Waals surface area contributed by atoms with Crippen LogP contribution >= 0.6 is 19.2 Å². The maximum atomic E-state index is 6.14. The van der Waals surface area contributed by atoms with Crippen molar-refractivity contribution in [2.45, 2.75) is 0 Å². The van der Waals surface area contributed by atoms with Crippen molar-refractivity contribution in [3.8, 4) is 17.2 Å². The van der Waals surface area contributed by atoms with Gasteiger partial charge in [-0.15, -0.1) is 0 Å². The summed E-state index contributed by atoms with van der Waals surface area (Å²) in [6.45, 7) is 0. The fourth-order valence-corrected chi connectivity index (χ4v) is 7.25. The summed E-state index contributed by atoms with van der Waals surface area (Å²) in [7, 11) is 0. The fraction of sp³-hybridized carbons (Fsp3) is 0. The first-order chi connectivity index (χ1) is 11.2. The molecule has 0 saturated carbocycles. The summed E-state index contributed by atoms with van der Waals surface area (Å²) in [4.78, 5) is 0. The molecule has 0 fully saturated rings. The molecule has 0 unspecified atom stereocenters. The predicted octanol–water partition coefficient (Wildman–Crippen LogP) is 5.47. The molecule has 0 N–H and O–H groups in total. The molecule has 0 atom stereocenters. The van der Waals surface area contributed by atoms with Crippen molar-refractivity contribution in [2.24, 2.45) is 0 Å². The molecule has 116 valence electrons. The van der Waals surface area contributed by atoms with Crippen LogP contribution in [0.2, 0.25) is 0 Å². The Balaban J connectivity index is 1.85. The van der Waals surface area contributed by atoms with Gasteiger partial charge in [0.15, 0.2) is 0 Å². The van der Waals surface area contributed by atoms with Gasteiger partial charge < -0.3 is 0 Å². The van der Waals surface area contributed by atoms with E-state index >= 15 is 0 Å². The molecule has 23 heavy (non-hydrogen) atoms. The molecular formula is C18H15IO3Ti. The van der Waals surface area contributed by atoms with E-state index in [4.69, 9.17) is 9.96 Å². The van der Waals surface area contributed by atoms with E-state index in [1.807, 2.05) is 91.0 Å². The van der Waals surface area contributed by atoms with Crippen LogP contribution in [0.15, 0.2) is 91.0 Å². The standard InChI is InChI=1S/3C6H6O.HI.Ti/c3*7-6-4-2-1-3-5-6;;/h3*1-5,7H;1H;/q;;;;+4/p-4. The molecule has 0 amide bonds. The minimum absolute atomic E-state index is 0.744. The van der Waals surface area contributed by atoms with Crippen LogP contribution < -0.4 is 9.96 Å². The van der Waals surface area contributed by atoms with Gasteiger partial charge >= 0.3 is 151 Å². The van der Waals surface area contributed by atoms with Crippen LogP contribution in [0.3, 0.4) is 0 Å². The van der Waals surface area contributed by atoms with Crippen LogP contribution in [0, 0.1) is 0 Å². The maximum absolute atomic E-state index is 6.14. The van der Waals surface area contributed by atoms with Crippen LogP contribution in [0.1, 0.15) is 0 Å². The number of benzene rings is 3. The average molecular weight is 454 g/mol. The van der Waals surface area contributed by atoms with Gasteiger partial charge in [0.05, 0.1) is 0 Å². The van der Waals surface area contributed by atoms with E-state index in [9.17, 15) is 0 Å². The summed E-state index contributed by atoms with van der Waals surface area (Å²) in [5.74, 6) is 2.23. The first-order valence-corrected chi connectivity index (χ1v) is 14.1. The summed E-state index contributed by atoms with van der Waals surface area (Å²) in [6, 6.07) is 28.9. The van der Waals surface area contributed by atoms with Crippen LogP contribution in [-0.2, 0) is 14.0 Å². The van der Waals surface area contributed by atoms with Gasteiger partial charge in [0, 0.05) is 0 Å². The number of hydrogen-bond acceptors (Lipinski definition) is 3. The van der Waals surface area contributed by atoms with Gasteiger partial charge in [-0.3, -0.25) is 0 Å². The second kappa shape index (κ2) is 7.86. The second-order valence-corrected chi connectivity index (χ2v) is 12.6. The van der Waals surface area contributed by atoms with Crippen LogP contribution in [0.5, 0.6) is 17.2 Å². The van der Waals surface area contributed by atoms with E-state index in [0.717, 1.165) is 17.2 Å². The van der Waals surface area contributed by atoms with Crippen molar-refractivity contribution in [3.05, 3.63) is 91.0 Å². The van der Waals surface area contributed by atoms with Crippen molar-refractivity contribution < 1.29 is 24.0 Å². The Morgan fingerprint density at radius 3 is 1.00 bits per heavy atom. The number of para-hydroxylation sites is 3. The molecule has 3 aromatic rings. The Labute approximate surface area is 150 Å². The first-order valence-electron chi connectivity index (χ1n) is 7.15. The Morgan fingerprint density at radius 2 is 0.739 bits per heavy atom. The molecule has 0 aromatic heterocycles. The van der Waals surface area contributed by atoms with E-state index in [1.165, 1.54) is 0 Å². The summed E-state index contributed by atoms with van der Waals surface area (Å²) >= 11 is -1.39.